The molecule has 150 valence electrons. The number of methoxy groups -OCH3 is 2. The van der Waals surface area contributed by atoms with Gasteiger partial charge >= 0.3 is 0 Å². The lowest BCUT2D eigenvalue weighted by Crippen LogP contribution is -2.37. The van der Waals surface area contributed by atoms with Gasteiger partial charge < -0.3 is 14.8 Å². The fraction of sp³-hybridized carbons (Fsp3) is 0.318. The second-order valence-electron chi connectivity index (χ2n) is 7.01. The minimum absolute atomic E-state index is 0.103. The van der Waals surface area contributed by atoms with Gasteiger partial charge in [-0.15, -0.1) is 0 Å². The molecule has 0 atom stereocenters. The molecule has 1 aromatic carbocycles. The summed E-state index contributed by atoms with van der Waals surface area (Å²) >= 11 is 0. The van der Waals surface area contributed by atoms with Gasteiger partial charge in [0.15, 0.2) is 11.5 Å². The number of benzene rings is 1. The largest absolute Gasteiger partial charge is 0.493 e. The first-order valence-electron chi connectivity index (χ1n) is 9.62. The Morgan fingerprint density at radius 2 is 1.93 bits per heavy atom. The molecular formula is C22H24N4O3. The van der Waals surface area contributed by atoms with Crippen molar-refractivity contribution in [1.29, 1.82) is 0 Å². The van der Waals surface area contributed by atoms with E-state index < -0.39 is 0 Å². The van der Waals surface area contributed by atoms with Gasteiger partial charge in [-0.3, -0.25) is 19.7 Å². The van der Waals surface area contributed by atoms with E-state index in [2.05, 4.69) is 32.3 Å². The number of rotatable bonds is 6. The van der Waals surface area contributed by atoms with Gasteiger partial charge in [-0.25, -0.2) is 0 Å². The van der Waals surface area contributed by atoms with E-state index >= 15 is 0 Å². The fourth-order valence-electron chi connectivity index (χ4n) is 3.74. The summed E-state index contributed by atoms with van der Waals surface area (Å²) in [6.07, 6.45) is 5.96. The Kier molecular flexibility index (Phi) is 5.57. The summed E-state index contributed by atoms with van der Waals surface area (Å²) in [7, 11) is 3.31. The molecule has 0 saturated heterocycles. The van der Waals surface area contributed by atoms with Gasteiger partial charge in [0.25, 0.3) is 5.91 Å². The van der Waals surface area contributed by atoms with Crippen molar-refractivity contribution < 1.29 is 14.3 Å². The molecule has 0 bridgehead atoms. The summed E-state index contributed by atoms with van der Waals surface area (Å²) in [6.45, 7) is 3.13. The van der Waals surface area contributed by atoms with Crippen LogP contribution in [-0.4, -0.2) is 54.6 Å². The van der Waals surface area contributed by atoms with E-state index in [1.54, 1.807) is 44.9 Å². The smallest absolute Gasteiger partial charge is 0.252 e. The molecule has 0 saturated carbocycles. The van der Waals surface area contributed by atoms with Crippen LogP contribution in [0, 0.1) is 0 Å². The minimum Gasteiger partial charge on any atom is -0.493 e. The summed E-state index contributed by atoms with van der Waals surface area (Å²) in [4.78, 5) is 23.4. The third-order valence-corrected chi connectivity index (χ3v) is 5.30. The van der Waals surface area contributed by atoms with Crippen LogP contribution in [-0.2, 0) is 13.0 Å². The molecule has 0 radical (unpaired) electrons. The molecule has 4 rings (SSSR count). The fourth-order valence-corrected chi connectivity index (χ4v) is 3.74. The van der Waals surface area contributed by atoms with Gasteiger partial charge in [-0.2, -0.15) is 0 Å². The van der Waals surface area contributed by atoms with Crippen LogP contribution in [0.5, 0.6) is 11.5 Å². The van der Waals surface area contributed by atoms with Crippen LogP contribution in [0.2, 0.25) is 0 Å². The molecule has 7 heteroatoms. The molecule has 1 aliphatic rings. The Bertz CT molecular complexity index is 1030. The van der Waals surface area contributed by atoms with Crippen LogP contribution >= 0.6 is 0 Å². The summed E-state index contributed by atoms with van der Waals surface area (Å²) < 4.78 is 10.8. The number of ether oxygens (including phenoxy) is 2. The van der Waals surface area contributed by atoms with E-state index in [-0.39, 0.29) is 5.91 Å². The first kappa shape index (κ1) is 19.1. The average Bonchev–Trinajstić information content (AvgIpc) is 2.77. The number of fused-ring (bicyclic) bond motifs is 2. The summed E-state index contributed by atoms with van der Waals surface area (Å²) in [5.74, 6) is 1.42. The maximum atomic E-state index is 12.6. The topological polar surface area (TPSA) is 76.6 Å². The molecule has 1 N–H and O–H groups in total. The lowest BCUT2D eigenvalue weighted by atomic mass is 9.99. The van der Waals surface area contributed by atoms with E-state index in [9.17, 15) is 4.79 Å². The lowest BCUT2D eigenvalue weighted by molar-refractivity contribution is 0.0949. The molecule has 29 heavy (non-hydrogen) atoms. The Balaban J connectivity index is 1.37. The van der Waals surface area contributed by atoms with Gasteiger partial charge in [-0.05, 0) is 41.8 Å². The Morgan fingerprint density at radius 1 is 1.14 bits per heavy atom. The van der Waals surface area contributed by atoms with Gasteiger partial charge in [0.1, 0.15) is 0 Å². The predicted molar refractivity (Wildman–Crippen MR) is 110 cm³/mol. The highest BCUT2D eigenvalue weighted by Gasteiger charge is 2.19. The maximum Gasteiger partial charge on any atom is 0.252 e. The van der Waals surface area contributed by atoms with E-state index in [0.717, 1.165) is 48.5 Å². The number of carbonyl (C=O) groups excluding carboxylic acids is 1. The monoisotopic (exact) mass is 392 g/mol. The van der Waals surface area contributed by atoms with Crippen molar-refractivity contribution in [2.75, 3.05) is 33.9 Å². The number of nitrogens with one attached hydrogen (secondary N) is 1. The highest BCUT2D eigenvalue weighted by Crippen LogP contribution is 2.33. The van der Waals surface area contributed by atoms with Crippen molar-refractivity contribution in [3.8, 4) is 11.5 Å². The normalized spacial score (nSPS) is 13.7. The molecule has 0 unspecified atom stereocenters. The van der Waals surface area contributed by atoms with Crippen LogP contribution in [0.15, 0.2) is 42.9 Å². The second-order valence-corrected chi connectivity index (χ2v) is 7.01. The van der Waals surface area contributed by atoms with E-state index in [1.807, 2.05) is 0 Å². The summed E-state index contributed by atoms with van der Waals surface area (Å²) in [6, 6.07) is 7.65. The van der Waals surface area contributed by atoms with Crippen LogP contribution in [0.4, 0.5) is 0 Å². The second kappa shape index (κ2) is 8.45. The van der Waals surface area contributed by atoms with Crippen LogP contribution < -0.4 is 14.8 Å². The maximum absolute atomic E-state index is 12.6. The molecule has 2 aromatic heterocycles. The number of amides is 1. The Hall–Kier alpha value is -3.19. The molecule has 3 heterocycles. The van der Waals surface area contributed by atoms with Crippen LogP contribution in [0.25, 0.3) is 10.9 Å². The van der Waals surface area contributed by atoms with E-state index in [1.165, 1.54) is 11.1 Å². The number of aromatic nitrogens is 2. The Morgan fingerprint density at radius 3 is 2.72 bits per heavy atom. The van der Waals surface area contributed by atoms with Crippen molar-refractivity contribution in [3.05, 3.63) is 59.5 Å². The average molecular weight is 392 g/mol. The number of hydrogen-bond donors (Lipinski definition) is 1. The van der Waals surface area contributed by atoms with E-state index in [0.29, 0.717) is 12.1 Å². The molecular weight excluding hydrogens is 368 g/mol. The van der Waals surface area contributed by atoms with Crippen molar-refractivity contribution in [3.63, 3.8) is 0 Å². The molecule has 7 nitrogen and oxygen atoms in total. The van der Waals surface area contributed by atoms with Crippen LogP contribution in [0.1, 0.15) is 21.5 Å². The van der Waals surface area contributed by atoms with Gasteiger partial charge in [0, 0.05) is 50.2 Å². The first-order valence-corrected chi connectivity index (χ1v) is 9.62. The third-order valence-electron chi connectivity index (χ3n) is 5.30. The number of hydrogen-bond acceptors (Lipinski definition) is 6. The van der Waals surface area contributed by atoms with E-state index in [4.69, 9.17) is 9.47 Å². The minimum atomic E-state index is -0.103. The van der Waals surface area contributed by atoms with Crippen molar-refractivity contribution in [1.82, 2.24) is 20.2 Å². The number of carbonyl (C=O) groups is 1. The lowest BCUT2D eigenvalue weighted by Gasteiger charge is -2.29. The van der Waals surface area contributed by atoms with Gasteiger partial charge in [-0.1, -0.05) is 0 Å². The molecule has 0 spiro atoms. The zero-order chi connectivity index (χ0) is 20.2. The number of pyridine rings is 2. The quantitative estimate of drug-likeness (QED) is 0.694. The summed E-state index contributed by atoms with van der Waals surface area (Å²) in [5, 5.41) is 3.79. The SMILES string of the molecule is COc1cc2c(cc1OC)CN(CCNC(=O)c1ccnc3ccncc13)CC2. The molecule has 0 aliphatic carbocycles. The summed E-state index contributed by atoms with van der Waals surface area (Å²) in [5.41, 5.74) is 3.90. The Labute approximate surface area is 169 Å². The number of nitrogens with zero attached hydrogens (tertiary/aromatic N) is 3. The first-order chi connectivity index (χ1) is 14.2. The van der Waals surface area contributed by atoms with Crippen molar-refractivity contribution in [2.24, 2.45) is 0 Å². The van der Waals surface area contributed by atoms with Crippen molar-refractivity contribution in [2.45, 2.75) is 13.0 Å². The highest BCUT2D eigenvalue weighted by atomic mass is 16.5. The predicted octanol–water partition coefficient (Wildman–Crippen LogP) is 2.44. The zero-order valence-electron chi connectivity index (χ0n) is 16.6. The zero-order valence-corrected chi connectivity index (χ0v) is 16.6. The third kappa shape index (κ3) is 4.00. The standard InChI is InChI=1S/C22H24N4O3/c1-28-20-11-15-5-9-26(14-16(15)12-21(20)29-2)10-8-25-22(27)17-3-7-24-19-4-6-23-13-18(17)19/h3-4,6-7,11-13H,5,8-10,14H2,1-2H3,(H,25,27). The van der Waals surface area contributed by atoms with Gasteiger partial charge in [0.2, 0.25) is 0 Å². The molecule has 1 aliphatic heterocycles. The highest BCUT2D eigenvalue weighted by molar-refractivity contribution is 6.05. The molecule has 1 amide bonds. The van der Waals surface area contributed by atoms with Gasteiger partial charge in [0.05, 0.1) is 25.3 Å². The molecule has 3 aromatic rings. The molecule has 0 fully saturated rings. The van der Waals surface area contributed by atoms with Crippen molar-refractivity contribution >= 4 is 16.8 Å². The van der Waals surface area contributed by atoms with Crippen LogP contribution in [0.3, 0.4) is 0 Å².